The molecule has 0 fully saturated rings. The Bertz CT molecular complexity index is 820. The van der Waals surface area contributed by atoms with Crippen LogP contribution in [0.1, 0.15) is 29.5 Å². The molecular weight excluding hydrogens is 366 g/mol. The quantitative estimate of drug-likeness (QED) is 0.529. The number of halogens is 1. The third-order valence-corrected chi connectivity index (χ3v) is 4.59. The monoisotopic (exact) mass is 389 g/mol. The summed E-state index contributed by atoms with van der Waals surface area (Å²) in [5, 5.41) is 3.44. The lowest BCUT2D eigenvalue weighted by atomic mass is 10.1. The van der Waals surface area contributed by atoms with Gasteiger partial charge in [-0.05, 0) is 68.1 Å². The molecule has 0 saturated carbocycles. The van der Waals surface area contributed by atoms with Crippen LogP contribution < -0.4 is 10.1 Å². The summed E-state index contributed by atoms with van der Waals surface area (Å²) in [4.78, 5) is 23.7. The summed E-state index contributed by atoms with van der Waals surface area (Å²) in [7, 11) is 0. The first-order valence-electron chi connectivity index (χ1n) is 8.77. The molecule has 1 amide bonds. The van der Waals surface area contributed by atoms with Crippen LogP contribution in [0.25, 0.3) is 0 Å². The third-order valence-electron chi connectivity index (χ3n) is 4.17. The van der Waals surface area contributed by atoms with Gasteiger partial charge in [0.2, 0.25) is 0 Å². The summed E-state index contributed by atoms with van der Waals surface area (Å²) >= 11 is 5.96. The van der Waals surface area contributed by atoms with Gasteiger partial charge in [0.05, 0.1) is 6.61 Å². The van der Waals surface area contributed by atoms with Crippen LogP contribution in [-0.4, -0.2) is 25.1 Å². The van der Waals surface area contributed by atoms with Gasteiger partial charge in [0.25, 0.3) is 5.91 Å². The fourth-order valence-electron chi connectivity index (χ4n) is 2.40. The second-order valence-corrected chi connectivity index (χ2v) is 6.73. The summed E-state index contributed by atoms with van der Waals surface area (Å²) in [5.41, 5.74) is 3.73. The highest BCUT2D eigenvalue weighted by molar-refractivity contribution is 6.31. The van der Waals surface area contributed by atoms with E-state index >= 15 is 0 Å². The molecule has 27 heavy (non-hydrogen) atoms. The Hall–Kier alpha value is -2.53. The van der Waals surface area contributed by atoms with E-state index < -0.39 is 5.97 Å². The Balaban J connectivity index is 1.66. The molecular formula is C21H24ClNO4. The number of esters is 1. The van der Waals surface area contributed by atoms with Crippen molar-refractivity contribution < 1.29 is 19.1 Å². The Kier molecular flexibility index (Phi) is 7.67. The van der Waals surface area contributed by atoms with Crippen LogP contribution in [0.15, 0.2) is 36.4 Å². The van der Waals surface area contributed by atoms with Gasteiger partial charge in [-0.1, -0.05) is 23.7 Å². The number of benzene rings is 2. The van der Waals surface area contributed by atoms with Crippen LogP contribution >= 0.6 is 11.6 Å². The maximum absolute atomic E-state index is 11.9. The van der Waals surface area contributed by atoms with Gasteiger partial charge >= 0.3 is 5.97 Å². The SMILES string of the molecule is Cc1cc(OCCCC(=O)OCC(=O)Nc2cccc(C)c2C)ccc1Cl. The van der Waals surface area contributed by atoms with Crippen molar-refractivity contribution in [2.24, 2.45) is 0 Å². The number of rotatable bonds is 8. The molecule has 2 rings (SSSR count). The number of carbonyl (C=O) groups is 2. The van der Waals surface area contributed by atoms with Crippen molar-refractivity contribution in [3.05, 3.63) is 58.1 Å². The van der Waals surface area contributed by atoms with E-state index in [0.29, 0.717) is 23.8 Å². The van der Waals surface area contributed by atoms with E-state index in [4.69, 9.17) is 21.1 Å². The van der Waals surface area contributed by atoms with Gasteiger partial charge in [-0.2, -0.15) is 0 Å². The molecule has 144 valence electrons. The molecule has 2 aromatic rings. The molecule has 0 aliphatic carbocycles. The number of aryl methyl sites for hydroxylation is 2. The first-order chi connectivity index (χ1) is 12.9. The molecule has 0 atom stereocenters. The van der Waals surface area contributed by atoms with E-state index in [-0.39, 0.29) is 18.9 Å². The average molecular weight is 390 g/mol. The summed E-state index contributed by atoms with van der Waals surface area (Å²) in [6.07, 6.45) is 0.683. The minimum atomic E-state index is -0.429. The third kappa shape index (κ3) is 6.61. The van der Waals surface area contributed by atoms with Crippen LogP contribution in [0.2, 0.25) is 5.02 Å². The molecule has 0 aromatic heterocycles. The number of amides is 1. The maximum Gasteiger partial charge on any atom is 0.306 e. The fourth-order valence-corrected chi connectivity index (χ4v) is 2.52. The highest BCUT2D eigenvalue weighted by Gasteiger charge is 2.10. The number of carbonyl (C=O) groups excluding carboxylic acids is 2. The van der Waals surface area contributed by atoms with Gasteiger partial charge in [0, 0.05) is 17.1 Å². The smallest absolute Gasteiger partial charge is 0.306 e. The van der Waals surface area contributed by atoms with E-state index in [9.17, 15) is 9.59 Å². The molecule has 1 N–H and O–H groups in total. The number of hydrogen-bond acceptors (Lipinski definition) is 4. The Labute approximate surface area is 164 Å². The zero-order valence-electron chi connectivity index (χ0n) is 15.8. The largest absolute Gasteiger partial charge is 0.494 e. The average Bonchev–Trinajstić information content (AvgIpc) is 2.64. The van der Waals surface area contributed by atoms with Crippen molar-refractivity contribution in [3.8, 4) is 5.75 Å². The first-order valence-corrected chi connectivity index (χ1v) is 9.15. The number of nitrogens with one attached hydrogen (secondary N) is 1. The van der Waals surface area contributed by atoms with Gasteiger partial charge in [-0.25, -0.2) is 0 Å². The highest BCUT2D eigenvalue weighted by Crippen LogP contribution is 2.21. The van der Waals surface area contributed by atoms with Gasteiger partial charge in [0.1, 0.15) is 5.75 Å². The predicted octanol–water partition coefficient (Wildman–Crippen LogP) is 4.61. The molecule has 0 heterocycles. The molecule has 2 aromatic carbocycles. The van der Waals surface area contributed by atoms with E-state index in [2.05, 4.69) is 5.32 Å². The van der Waals surface area contributed by atoms with E-state index in [1.54, 1.807) is 12.1 Å². The lowest BCUT2D eigenvalue weighted by Gasteiger charge is -2.11. The number of ether oxygens (including phenoxy) is 2. The minimum Gasteiger partial charge on any atom is -0.494 e. The summed E-state index contributed by atoms with van der Waals surface area (Å²) in [6.45, 7) is 5.88. The molecule has 6 heteroatoms. The molecule has 0 saturated heterocycles. The van der Waals surface area contributed by atoms with Gasteiger partial charge in [-0.15, -0.1) is 0 Å². The summed E-state index contributed by atoms with van der Waals surface area (Å²) in [5.74, 6) is -0.0786. The van der Waals surface area contributed by atoms with Crippen LogP contribution in [0.4, 0.5) is 5.69 Å². The highest BCUT2D eigenvalue weighted by atomic mass is 35.5. The van der Waals surface area contributed by atoms with Crippen molar-refractivity contribution in [2.45, 2.75) is 33.6 Å². The second-order valence-electron chi connectivity index (χ2n) is 6.32. The minimum absolute atomic E-state index is 0.184. The van der Waals surface area contributed by atoms with Crippen molar-refractivity contribution in [3.63, 3.8) is 0 Å². The molecule has 0 bridgehead atoms. The zero-order valence-corrected chi connectivity index (χ0v) is 16.6. The normalized spacial score (nSPS) is 10.4. The molecule has 0 spiro atoms. The number of anilines is 1. The second kappa shape index (κ2) is 9.97. The first kappa shape index (κ1) is 20.8. The summed E-state index contributed by atoms with van der Waals surface area (Å²) in [6, 6.07) is 11.1. The Morgan fingerprint density at radius 2 is 1.85 bits per heavy atom. The number of hydrogen-bond donors (Lipinski definition) is 1. The van der Waals surface area contributed by atoms with Crippen molar-refractivity contribution in [1.29, 1.82) is 0 Å². The van der Waals surface area contributed by atoms with Crippen LogP contribution in [0.5, 0.6) is 5.75 Å². The molecule has 0 unspecified atom stereocenters. The van der Waals surface area contributed by atoms with E-state index in [1.807, 2.05) is 45.0 Å². The lowest BCUT2D eigenvalue weighted by Crippen LogP contribution is -2.21. The zero-order chi connectivity index (χ0) is 19.8. The van der Waals surface area contributed by atoms with Gasteiger partial charge in [0.15, 0.2) is 6.61 Å². The van der Waals surface area contributed by atoms with Crippen molar-refractivity contribution in [2.75, 3.05) is 18.5 Å². The Morgan fingerprint density at radius 1 is 1.07 bits per heavy atom. The molecule has 5 nitrogen and oxygen atoms in total. The standard InChI is InChI=1S/C21H24ClNO4/c1-14-6-4-7-19(16(14)3)23-20(24)13-27-21(25)8-5-11-26-17-9-10-18(22)15(2)12-17/h4,6-7,9-10,12H,5,8,11,13H2,1-3H3,(H,23,24). The molecule has 0 radical (unpaired) electrons. The Morgan fingerprint density at radius 3 is 2.59 bits per heavy atom. The van der Waals surface area contributed by atoms with Crippen LogP contribution in [0.3, 0.4) is 0 Å². The molecule has 0 aliphatic heterocycles. The van der Waals surface area contributed by atoms with Crippen molar-refractivity contribution in [1.82, 2.24) is 0 Å². The van der Waals surface area contributed by atoms with E-state index in [1.165, 1.54) is 0 Å². The summed E-state index contributed by atoms with van der Waals surface area (Å²) < 4.78 is 10.6. The predicted molar refractivity (Wildman–Crippen MR) is 106 cm³/mol. The van der Waals surface area contributed by atoms with Crippen molar-refractivity contribution >= 4 is 29.2 Å². The maximum atomic E-state index is 11.9. The van der Waals surface area contributed by atoms with Gasteiger partial charge in [-0.3, -0.25) is 9.59 Å². The fraction of sp³-hybridized carbons (Fsp3) is 0.333. The van der Waals surface area contributed by atoms with Crippen LogP contribution in [-0.2, 0) is 14.3 Å². The molecule has 0 aliphatic rings. The van der Waals surface area contributed by atoms with Crippen LogP contribution in [0, 0.1) is 20.8 Å². The lowest BCUT2D eigenvalue weighted by molar-refractivity contribution is -0.147. The van der Waals surface area contributed by atoms with E-state index in [0.717, 1.165) is 22.4 Å². The topological polar surface area (TPSA) is 64.6 Å². The van der Waals surface area contributed by atoms with Gasteiger partial charge < -0.3 is 14.8 Å².